The van der Waals surface area contributed by atoms with Crippen molar-refractivity contribution in [1.29, 1.82) is 0 Å². The summed E-state index contributed by atoms with van der Waals surface area (Å²) in [5.41, 5.74) is 3.35. The van der Waals surface area contributed by atoms with Gasteiger partial charge in [0.1, 0.15) is 5.82 Å². The Bertz CT molecular complexity index is 883. The van der Waals surface area contributed by atoms with Gasteiger partial charge in [-0.15, -0.1) is 0 Å². The Labute approximate surface area is 161 Å². The van der Waals surface area contributed by atoms with Gasteiger partial charge in [-0.1, -0.05) is 50.5 Å². The Morgan fingerprint density at radius 2 is 1.70 bits per heavy atom. The van der Waals surface area contributed by atoms with Crippen LogP contribution in [0, 0.1) is 5.92 Å². The highest BCUT2D eigenvalue weighted by molar-refractivity contribution is 5.91. The summed E-state index contributed by atoms with van der Waals surface area (Å²) in [5, 5.41) is 8.02. The number of fused-ring (bicyclic) bond motifs is 1. The summed E-state index contributed by atoms with van der Waals surface area (Å²) in [5.74, 6) is 2.31. The molecule has 1 aliphatic carbocycles. The molecule has 1 fully saturated rings. The van der Waals surface area contributed by atoms with E-state index < -0.39 is 0 Å². The zero-order chi connectivity index (χ0) is 18.5. The fourth-order valence-electron chi connectivity index (χ4n) is 3.84. The third-order valence-corrected chi connectivity index (χ3v) is 5.50. The van der Waals surface area contributed by atoms with E-state index in [0.29, 0.717) is 5.95 Å². The van der Waals surface area contributed by atoms with Gasteiger partial charge in [-0.3, -0.25) is 0 Å². The molecule has 2 aromatic carbocycles. The Morgan fingerprint density at radius 1 is 0.926 bits per heavy atom. The van der Waals surface area contributed by atoms with Gasteiger partial charge in [-0.05, 0) is 55.0 Å². The fraction of sp³-hybridized carbons (Fsp3) is 0.391. The van der Waals surface area contributed by atoms with Crippen molar-refractivity contribution in [2.45, 2.75) is 45.4 Å². The fourth-order valence-corrected chi connectivity index (χ4v) is 3.84. The summed E-state index contributed by atoms with van der Waals surface area (Å²) in [4.78, 5) is 9.52. The van der Waals surface area contributed by atoms with E-state index in [9.17, 15) is 0 Å². The van der Waals surface area contributed by atoms with Crippen molar-refractivity contribution < 1.29 is 0 Å². The highest BCUT2D eigenvalue weighted by Gasteiger charge is 2.14. The molecule has 27 heavy (non-hydrogen) atoms. The molecule has 0 amide bonds. The van der Waals surface area contributed by atoms with Crippen molar-refractivity contribution in [3.8, 4) is 0 Å². The molecule has 0 atom stereocenters. The number of nitrogens with one attached hydrogen (secondary N) is 2. The molecule has 1 aromatic heterocycles. The van der Waals surface area contributed by atoms with E-state index in [1.165, 1.54) is 37.7 Å². The van der Waals surface area contributed by atoms with Crippen LogP contribution in [0.15, 0.2) is 48.5 Å². The smallest absolute Gasteiger partial charge is 0.225 e. The molecule has 1 heterocycles. The summed E-state index contributed by atoms with van der Waals surface area (Å²) in [7, 11) is 0. The molecule has 140 valence electrons. The first kappa shape index (κ1) is 17.8. The first-order chi connectivity index (χ1) is 13.3. The number of aromatic nitrogens is 2. The lowest BCUT2D eigenvalue weighted by molar-refractivity contribution is 0.373. The molecule has 0 spiro atoms. The van der Waals surface area contributed by atoms with E-state index in [-0.39, 0.29) is 0 Å². The molecule has 0 radical (unpaired) electrons. The van der Waals surface area contributed by atoms with Crippen LogP contribution in [0.4, 0.5) is 17.5 Å². The number of anilines is 3. The van der Waals surface area contributed by atoms with Gasteiger partial charge in [-0.25, -0.2) is 4.98 Å². The lowest BCUT2D eigenvalue weighted by atomic mass is 9.89. The number of hydrogen-bond donors (Lipinski definition) is 2. The summed E-state index contributed by atoms with van der Waals surface area (Å²) in [6.45, 7) is 3.13. The van der Waals surface area contributed by atoms with Crippen molar-refractivity contribution in [2.75, 3.05) is 17.2 Å². The van der Waals surface area contributed by atoms with Crippen molar-refractivity contribution in [2.24, 2.45) is 5.92 Å². The van der Waals surface area contributed by atoms with Gasteiger partial charge < -0.3 is 10.6 Å². The van der Waals surface area contributed by atoms with Crippen LogP contribution in [0.3, 0.4) is 0 Å². The van der Waals surface area contributed by atoms with Crippen LogP contribution in [0.1, 0.15) is 44.6 Å². The van der Waals surface area contributed by atoms with Crippen LogP contribution in [0.25, 0.3) is 10.9 Å². The highest BCUT2D eigenvalue weighted by atomic mass is 15.1. The molecular weight excluding hydrogens is 332 g/mol. The second-order valence-electron chi connectivity index (χ2n) is 7.47. The highest BCUT2D eigenvalue weighted by Crippen LogP contribution is 2.27. The SMILES string of the molecule is CCc1ccc(Nc2nc(NCC3CCCCC3)nc3ccccc23)cc1. The van der Waals surface area contributed by atoms with Gasteiger partial charge in [0.25, 0.3) is 0 Å². The Hall–Kier alpha value is -2.62. The minimum absolute atomic E-state index is 0.715. The zero-order valence-electron chi connectivity index (χ0n) is 16.0. The molecule has 0 saturated heterocycles. The Balaban J connectivity index is 1.57. The predicted octanol–water partition coefficient (Wildman–Crippen LogP) is 5.93. The summed E-state index contributed by atoms with van der Waals surface area (Å²) in [6, 6.07) is 16.7. The third-order valence-electron chi connectivity index (χ3n) is 5.50. The lowest BCUT2D eigenvalue weighted by Gasteiger charge is -2.22. The van der Waals surface area contributed by atoms with E-state index in [2.05, 4.69) is 47.9 Å². The molecule has 0 aliphatic heterocycles. The number of hydrogen-bond acceptors (Lipinski definition) is 4. The number of aryl methyl sites for hydroxylation is 1. The Morgan fingerprint density at radius 3 is 2.48 bits per heavy atom. The van der Waals surface area contributed by atoms with Gasteiger partial charge in [0, 0.05) is 17.6 Å². The molecule has 0 bridgehead atoms. The predicted molar refractivity (Wildman–Crippen MR) is 114 cm³/mol. The first-order valence-corrected chi connectivity index (χ1v) is 10.2. The quantitative estimate of drug-likeness (QED) is 0.572. The van der Waals surface area contributed by atoms with E-state index in [1.54, 1.807) is 0 Å². The van der Waals surface area contributed by atoms with Crippen molar-refractivity contribution in [3.05, 3.63) is 54.1 Å². The van der Waals surface area contributed by atoms with E-state index in [4.69, 9.17) is 9.97 Å². The molecular formula is C23H28N4. The third kappa shape index (κ3) is 4.38. The molecule has 1 aliphatic rings. The van der Waals surface area contributed by atoms with Crippen LogP contribution in [-0.4, -0.2) is 16.5 Å². The summed E-state index contributed by atoms with van der Waals surface area (Å²) in [6.07, 6.45) is 7.77. The van der Waals surface area contributed by atoms with Crippen LogP contribution in [0.5, 0.6) is 0 Å². The number of nitrogens with zero attached hydrogens (tertiary/aromatic N) is 2. The largest absolute Gasteiger partial charge is 0.354 e. The number of rotatable bonds is 6. The van der Waals surface area contributed by atoms with Crippen LogP contribution in [-0.2, 0) is 6.42 Å². The molecule has 0 unspecified atom stereocenters. The monoisotopic (exact) mass is 360 g/mol. The average Bonchev–Trinajstić information content (AvgIpc) is 2.73. The van der Waals surface area contributed by atoms with Crippen molar-refractivity contribution >= 4 is 28.4 Å². The molecule has 4 rings (SSSR count). The molecule has 3 aromatic rings. The average molecular weight is 361 g/mol. The second kappa shape index (κ2) is 8.38. The maximum atomic E-state index is 4.79. The maximum absolute atomic E-state index is 4.79. The zero-order valence-corrected chi connectivity index (χ0v) is 16.0. The van der Waals surface area contributed by atoms with Crippen LogP contribution < -0.4 is 10.6 Å². The minimum atomic E-state index is 0.715. The lowest BCUT2D eigenvalue weighted by Crippen LogP contribution is -2.18. The van der Waals surface area contributed by atoms with Gasteiger partial charge in [-0.2, -0.15) is 4.98 Å². The van der Waals surface area contributed by atoms with Crippen LogP contribution in [0.2, 0.25) is 0 Å². The summed E-state index contributed by atoms with van der Waals surface area (Å²) >= 11 is 0. The van der Waals surface area contributed by atoms with E-state index in [0.717, 1.165) is 41.3 Å². The normalized spacial score (nSPS) is 15.0. The number of para-hydroxylation sites is 1. The van der Waals surface area contributed by atoms with Gasteiger partial charge >= 0.3 is 0 Å². The van der Waals surface area contributed by atoms with E-state index >= 15 is 0 Å². The standard InChI is InChI=1S/C23H28N4/c1-2-17-12-14-19(15-13-17)25-22-20-10-6-7-11-21(20)26-23(27-22)24-16-18-8-4-3-5-9-18/h6-7,10-15,18H,2-5,8-9,16H2,1H3,(H2,24,25,26,27). The molecule has 4 nitrogen and oxygen atoms in total. The van der Waals surface area contributed by atoms with Gasteiger partial charge in [0.2, 0.25) is 5.95 Å². The first-order valence-electron chi connectivity index (χ1n) is 10.2. The Kier molecular flexibility index (Phi) is 5.52. The molecule has 1 saturated carbocycles. The number of benzene rings is 2. The minimum Gasteiger partial charge on any atom is -0.354 e. The van der Waals surface area contributed by atoms with Crippen LogP contribution >= 0.6 is 0 Å². The topological polar surface area (TPSA) is 49.8 Å². The summed E-state index contributed by atoms with van der Waals surface area (Å²) < 4.78 is 0. The van der Waals surface area contributed by atoms with Crippen molar-refractivity contribution in [1.82, 2.24) is 9.97 Å². The second-order valence-corrected chi connectivity index (χ2v) is 7.47. The maximum Gasteiger partial charge on any atom is 0.225 e. The van der Waals surface area contributed by atoms with Gasteiger partial charge in [0.05, 0.1) is 5.52 Å². The van der Waals surface area contributed by atoms with E-state index in [1.807, 2.05) is 18.2 Å². The van der Waals surface area contributed by atoms with Crippen molar-refractivity contribution in [3.63, 3.8) is 0 Å². The molecule has 2 N–H and O–H groups in total. The molecule has 4 heteroatoms. The van der Waals surface area contributed by atoms with Gasteiger partial charge in [0.15, 0.2) is 0 Å².